The number of amides is 1. The largest absolute Gasteiger partial charge is 0.390 e. The van der Waals surface area contributed by atoms with Crippen LogP contribution in [0.15, 0.2) is 60.7 Å². The van der Waals surface area contributed by atoms with Gasteiger partial charge >= 0.3 is 0 Å². The van der Waals surface area contributed by atoms with E-state index < -0.39 is 6.10 Å². The first-order valence-corrected chi connectivity index (χ1v) is 10.3. The second-order valence-corrected chi connectivity index (χ2v) is 7.80. The standard InChI is InChI=1S/C24H34N2O2.ClH/c1-19(2)11-9-10-16-25-18-23(27)22(17-20-12-5-3-6-13-20)26-24(28)21-14-7-4-8-15-21;/h3-8,12-15,19,22-23,25,27H,9-11,16-18H2,1-2H3,(H,26,28);1H/t22-,23+;/m0./s1. The molecule has 0 fully saturated rings. The predicted octanol–water partition coefficient (Wildman–Crippen LogP) is 4.23. The maximum absolute atomic E-state index is 12.6. The fraction of sp³-hybridized carbons (Fsp3) is 0.458. The van der Waals surface area contributed by atoms with Crippen molar-refractivity contribution in [3.05, 3.63) is 71.8 Å². The monoisotopic (exact) mass is 418 g/mol. The van der Waals surface area contributed by atoms with Crippen LogP contribution in [0, 0.1) is 5.92 Å². The smallest absolute Gasteiger partial charge is 0.251 e. The maximum atomic E-state index is 12.6. The molecule has 0 saturated heterocycles. The van der Waals surface area contributed by atoms with Crippen molar-refractivity contribution in [3.8, 4) is 0 Å². The average molecular weight is 419 g/mol. The molecule has 0 aliphatic rings. The van der Waals surface area contributed by atoms with E-state index in [-0.39, 0.29) is 24.4 Å². The van der Waals surface area contributed by atoms with Crippen molar-refractivity contribution >= 4 is 18.3 Å². The first kappa shape index (κ1) is 25.2. The zero-order valence-corrected chi connectivity index (χ0v) is 18.3. The van der Waals surface area contributed by atoms with E-state index in [1.54, 1.807) is 12.1 Å². The minimum absolute atomic E-state index is 0. The van der Waals surface area contributed by atoms with Gasteiger partial charge in [0.05, 0.1) is 12.1 Å². The Morgan fingerprint density at radius 2 is 1.59 bits per heavy atom. The van der Waals surface area contributed by atoms with Crippen LogP contribution in [-0.4, -0.2) is 36.2 Å². The molecule has 160 valence electrons. The van der Waals surface area contributed by atoms with Crippen LogP contribution in [-0.2, 0) is 6.42 Å². The number of carbonyl (C=O) groups excluding carboxylic acids is 1. The van der Waals surface area contributed by atoms with E-state index in [1.165, 1.54) is 12.8 Å². The normalized spacial score (nSPS) is 12.8. The Morgan fingerprint density at radius 3 is 2.21 bits per heavy atom. The van der Waals surface area contributed by atoms with Crippen molar-refractivity contribution < 1.29 is 9.90 Å². The zero-order chi connectivity index (χ0) is 20.2. The van der Waals surface area contributed by atoms with Crippen molar-refractivity contribution in [2.45, 2.75) is 51.7 Å². The highest BCUT2D eigenvalue weighted by Gasteiger charge is 2.22. The molecule has 2 atom stereocenters. The molecule has 0 aromatic heterocycles. The minimum Gasteiger partial charge on any atom is -0.390 e. The Morgan fingerprint density at radius 1 is 0.966 bits per heavy atom. The van der Waals surface area contributed by atoms with E-state index in [0.29, 0.717) is 18.5 Å². The van der Waals surface area contributed by atoms with Gasteiger partial charge in [-0.1, -0.05) is 75.2 Å². The number of hydrogen-bond acceptors (Lipinski definition) is 3. The van der Waals surface area contributed by atoms with Gasteiger partial charge in [0.25, 0.3) is 5.91 Å². The third-order valence-corrected chi connectivity index (χ3v) is 4.85. The second-order valence-electron chi connectivity index (χ2n) is 7.80. The highest BCUT2D eigenvalue weighted by molar-refractivity contribution is 5.94. The van der Waals surface area contributed by atoms with Gasteiger partial charge in [0.1, 0.15) is 0 Å². The Hall–Kier alpha value is -1.88. The number of rotatable bonds is 12. The Labute approximate surface area is 181 Å². The molecule has 4 nitrogen and oxygen atoms in total. The predicted molar refractivity (Wildman–Crippen MR) is 123 cm³/mol. The molecule has 0 radical (unpaired) electrons. The summed E-state index contributed by atoms with van der Waals surface area (Å²) in [7, 11) is 0. The molecule has 0 bridgehead atoms. The zero-order valence-electron chi connectivity index (χ0n) is 17.5. The molecule has 0 aliphatic carbocycles. The Kier molecular flexibility index (Phi) is 12.3. The van der Waals surface area contributed by atoms with Gasteiger partial charge in [-0.25, -0.2) is 0 Å². The van der Waals surface area contributed by atoms with Gasteiger partial charge in [-0.2, -0.15) is 0 Å². The molecule has 0 saturated carbocycles. The Balaban J connectivity index is 0.00000420. The molecule has 2 rings (SSSR count). The van der Waals surface area contributed by atoms with Crippen molar-refractivity contribution in [2.75, 3.05) is 13.1 Å². The number of hydrogen-bond donors (Lipinski definition) is 3. The Bertz CT molecular complexity index is 680. The first-order valence-electron chi connectivity index (χ1n) is 10.3. The van der Waals surface area contributed by atoms with Crippen LogP contribution in [0.2, 0.25) is 0 Å². The van der Waals surface area contributed by atoms with Gasteiger partial charge in [0, 0.05) is 12.1 Å². The number of benzene rings is 2. The molecule has 2 aromatic rings. The lowest BCUT2D eigenvalue weighted by atomic mass is 10.0. The van der Waals surface area contributed by atoms with E-state index in [0.717, 1.165) is 24.4 Å². The highest BCUT2D eigenvalue weighted by Crippen LogP contribution is 2.09. The minimum atomic E-state index is -0.655. The highest BCUT2D eigenvalue weighted by atomic mass is 35.5. The van der Waals surface area contributed by atoms with Crippen LogP contribution in [0.5, 0.6) is 0 Å². The molecule has 1 amide bonds. The summed E-state index contributed by atoms with van der Waals surface area (Å²) in [5, 5.41) is 17.1. The summed E-state index contributed by atoms with van der Waals surface area (Å²) >= 11 is 0. The quantitative estimate of drug-likeness (QED) is 0.452. The lowest BCUT2D eigenvalue weighted by Crippen LogP contribution is -2.48. The van der Waals surface area contributed by atoms with Crippen molar-refractivity contribution in [2.24, 2.45) is 5.92 Å². The third kappa shape index (κ3) is 9.93. The molecule has 0 heterocycles. The van der Waals surface area contributed by atoms with Crippen LogP contribution in [0.25, 0.3) is 0 Å². The van der Waals surface area contributed by atoms with Crippen LogP contribution in [0.4, 0.5) is 0 Å². The number of halogens is 1. The van der Waals surface area contributed by atoms with E-state index in [4.69, 9.17) is 0 Å². The summed E-state index contributed by atoms with van der Waals surface area (Å²) in [4.78, 5) is 12.6. The van der Waals surface area contributed by atoms with Gasteiger partial charge in [-0.05, 0) is 43.0 Å². The van der Waals surface area contributed by atoms with Gasteiger partial charge in [-0.15, -0.1) is 12.4 Å². The lowest BCUT2D eigenvalue weighted by molar-refractivity contribution is 0.0830. The summed E-state index contributed by atoms with van der Waals surface area (Å²) in [6.07, 6.45) is 3.46. The van der Waals surface area contributed by atoms with Crippen LogP contribution in [0.3, 0.4) is 0 Å². The van der Waals surface area contributed by atoms with E-state index >= 15 is 0 Å². The van der Waals surface area contributed by atoms with E-state index in [2.05, 4.69) is 24.5 Å². The fourth-order valence-electron chi connectivity index (χ4n) is 3.19. The van der Waals surface area contributed by atoms with Crippen molar-refractivity contribution in [3.63, 3.8) is 0 Å². The van der Waals surface area contributed by atoms with Crippen LogP contribution >= 0.6 is 12.4 Å². The maximum Gasteiger partial charge on any atom is 0.251 e. The molecule has 2 aromatic carbocycles. The molecule has 0 spiro atoms. The third-order valence-electron chi connectivity index (χ3n) is 4.85. The van der Waals surface area contributed by atoms with Gasteiger partial charge in [-0.3, -0.25) is 4.79 Å². The summed E-state index contributed by atoms with van der Waals surface area (Å²) in [6.45, 7) is 5.82. The first-order chi connectivity index (χ1) is 13.6. The summed E-state index contributed by atoms with van der Waals surface area (Å²) in [5.74, 6) is 0.576. The number of unbranched alkanes of at least 4 members (excludes halogenated alkanes) is 1. The van der Waals surface area contributed by atoms with Crippen molar-refractivity contribution in [1.29, 1.82) is 0 Å². The molecule has 5 heteroatoms. The van der Waals surface area contributed by atoms with Gasteiger partial charge in [0.2, 0.25) is 0 Å². The van der Waals surface area contributed by atoms with Crippen LogP contribution in [0.1, 0.15) is 49.0 Å². The SMILES string of the molecule is CC(C)CCCCNC[C@@H](O)[C@H](Cc1ccccc1)NC(=O)c1ccccc1.Cl. The number of nitrogens with one attached hydrogen (secondary N) is 2. The molecule has 0 aliphatic heterocycles. The van der Waals surface area contributed by atoms with Crippen molar-refractivity contribution in [1.82, 2.24) is 10.6 Å². The number of carbonyl (C=O) groups is 1. The number of aliphatic hydroxyl groups excluding tert-OH is 1. The molecular weight excluding hydrogens is 384 g/mol. The fourth-order valence-corrected chi connectivity index (χ4v) is 3.19. The van der Waals surface area contributed by atoms with E-state index in [9.17, 15) is 9.90 Å². The second kappa shape index (κ2) is 14.2. The molecule has 29 heavy (non-hydrogen) atoms. The van der Waals surface area contributed by atoms with Crippen LogP contribution < -0.4 is 10.6 Å². The molecule has 3 N–H and O–H groups in total. The summed E-state index contributed by atoms with van der Waals surface area (Å²) in [5.41, 5.74) is 1.70. The van der Waals surface area contributed by atoms with Gasteiger partial charge in [0.15, 0.2) is 0 Å². The molecular formula is C24H35ClN2O2. The number of aliphatic hydroxyl groups is 1. The van der Waals surface area contributed by atoms with Gasteiger partial charge < -0.3 is 15.7 Å². The summed E-state index contributed by atoms with van der Waals surface area (Å²) in [6, 6.07) is 18.8. The summed E-state index contributed by atoms with van der Waals surface area (Å²) < 4.78 is 0. The lowest BCUT2D eigenvalue weighted by Gasteiger charge is -2.25. The van der Waals surface area contributed by atoms with E-state index in [1.807, 2.05) is 48.5 Å². The molecule has 0 unspecified atom stereocenters. The average Bonchev–Trinajstić information content (AvgIpc) is 2.71. The topological polar surface area (TPSA) is 61.4 Å².